The first-order valence-corrected chi connectivity index (χ1v) is 12.3. The van der Waals surface area contributed by atoms with Gasteiger partial charge in [0.2, 0.25) is 10.0 Å². The lowest BCUT2D eigenvalue weighted by atomic mass is 10.3. The zero-order valence-electron chi connectivity index (χ0n) is 18.2. The third-order valence-corrected chi connectivity index (χ3v) is 7.41. The summed E-state index contributed by atoms with van der Waals surface area (Å²) in [6, 6.07) is 4.41. The predicted molar refractivity (Wildman–Crippen MR) is 114 cm³/mol. The summed E-state index contributed by atoms with van der Waals surface area (Å²) in [6.07, 6.45) is -0.923. The maximum absolute atomic E-state index is 13.1. The van der Waals surface area contributed by atoms with E-state index in [1.807, 2.05) is 0 Å². The maximum atomic E-state index is 13.1. The topological polar surface area (TPSA) is 136 Å². The van der Waals surface area contributed by atoms with Gasteiger partial charge in [-0.25, -0.2) is 8.42 Å². The Hall–Kier alpha value is -2.45. The Kier molecular flexibility index (Phi) is 7.65. The summed E-state index contributed by atoms with van der Waals surface area (Å²) in [5, 5.41) is 5.03. The highest BCUT2D eigenvalue weighted by Gasteiger charge is 2.37. The Bertz CT molecular complexity index is 967. The zero-order valence-corrected chi connectivity index (χ0v) is 19.0. The molecule has 0 spiro atoms. The van der Waals surface area contributed by atoms with Crippen LogP contribution >= 0.6 is 0 Å². The Balaban J connectivity index is 1.29. The summed E-state index contributed by atoms with van der Waals surface area (Å²) >= 11 is 0. The molecule has 13 heteroatoms. The van der Waals surface area contributed by atoms with E-state index in [0.717, 1.165) is 17.4 Å². The van der Waals surface area contributed by atoms with E-state index in [2.05, 4.69) is 15.5 Å². The monoisotopic (exact) mass is 484 g/mol. The van der Waals surface area contributed by atoms with Gasteiger partial charge in [0.15, 0.2) is 11.5 Å². The lowest BCUT2D eigenvalue weighted by molar-refractivity contribution is -0.139. The highest BCUT2D eigenvalue weighted by molar-refractivity contribution is 7.89. The highest BCUT2D eigenvalue weighted by Crippen LogP contribution is 2.34. The minimum atomic E-state index is -3.91. The van der Waals surface area contributed by atoms with Crippen LogP contribution in [0.4, 0.5) is 0 Å². The molecule has 3 aliphatic rings. The van der Waals surface area contributed by atoms with E-state index < -0.39 is 28.1 Å². The molecule has 12 nitrogen and oxygen atoms in total. The van der Waals surface area contributed by atoms with Crippen molar-refractivity contribution in [3.8, 4) is 11.5 Å². The van der Waals surface area contributed by atoms with Crippen molar-refractivity contribution in [2.75, 3.05) is 72.3 Å². The number of ether oxygens (including phenoxy) is 4. The minimum Gasteiger partial charge on any atom is -0.486 e. The van der Waals surface area contributed by atoms with Crippen molar-refractivity contribution in [3.63, 3.8) is 0 Å². The van der Waals surface area contributed by atoms with Gasteiger partial charge in [-0.1, -0.05) is 0 Å². The second-order valence-electron chi connectivity index (χ2n) is 7.67. The molecule has 2 amide bonds. The molecule has 4 rings (SSSR count). The van der Waals surface area contributed by atoms with Crippen LogP contribution in [-0.2, 0) is 29.1 Å². The van der Waals surface area contributed by atoms with Gasteiger partial charge in [-0.2, -0.15) is 4.31 Å². The first kappa shape index (κ1) is 23.7. The lowest BCUT2D eigenvalue weighted by Crippen LogP contribution is -2.48. The number of rotatable bonds is 7. The largest absolute Gasteiger partial charge is 0.486 e. The summed E-state index contributed by atoms with van der Waals surface area (Å²) in [6.45, 7) is 4.73. The van der Waals surface area contributed by atoms with Crippen molar-refractivity contribution in [2.45, 2.75) is 11.1 Å². The molecule has 0 aromatic heterocycles. The molecule has 0 radical (unpaired) electrons. The van der Waals surface area contributed by atoms with Gasteiger partial charge in [0.05, 0.1) is 31.3 Å². The third-order valence-electron chi connectivity index (χ3n) is 5.52. The average Bonchev–Trinajstić information content (AvgIpc) is 3.32. The van der Waals surface area contributed by atoms with E-state index >= 15 is 0 Å². The zero-order chi connectivity index (χ0) is 23.3. The van der Waals surface area contributed by atoms with Crippen LogP contribution in [0.2, 0.25) is 0 Å². The van der Waals surface area contributed by atoms with Crippen LogP contribution in [0.15, 0.2) is 23.1 Å². The molecule has 2 N–H and O–H groups in total. The van der Waals surface area contributed by atoms with Gasteiger partial charge in [-0.3, -0.25) is 14.5 Å². The number of nitrogens with one attached hydrogen (secondary N) is 2. The number of nitrogens with zero attached hydrogens (tertiary/aromatic N) is 2. The van der Waals surface area contributed by atoms with E-state index in [1.165, 1.54) is 12.1 Å². The number of benzene rings is 1. The van der Waals surface area contributed by atoms with Gasteiger partial charge in [0.25, 0.3) is 0 Å². The van der Waals surface area contributed by atoms with Gasteiger partial charge >= 0.3 is 11.8 Å². The van der Waals surface area contributed by atoms with Crippen molar-refractivity contribution in [2.24, 2.45) is 0 Å². The molecule has 0 bridgehead atoms. The fourth-order valence-corrected chi connectivity index (χ4v) is 5.28. The number of hydrogen-bond acceptors (Lipinski definition) is 9. The SMILES string of the molecule is O=C(NCCN1CCOCC1)C(=O)NC[C@@H]1OCCN1S(=O)(=O)c1ccc2c(c1)OCCO2. The molecule has 182 valence electrons. The number of carbonyl (C=O) groups is 2. The van der Waals surface area contributed by atoms with Crippen LogP contribution < -0.4 is 20.1 Å². The fraction of sp³-hybridized carbons (Fsp3) is 0.600. The van der Waals surface area contributed by atoms with Crippen molar-refractivity contribution in [1.82, 2.24) is 19.8 Å². The summed E-state index contributed by atoms with van der Waals surface area (Å²) in [5.74, 6) is -0.769. The number of sulfonamides is 1. The van der Waals surface area contributed by atoms with Crippen LogP contribution in [0.25, 0.3) is 0 Å². The quantitative estimate of drug-likeness (QED) is 0.437. The van der Waals surface area contributed by atoms with Gasteiger partial charge in [-0.15, -0.1) is 0 Å². The second kappa shape index (κ2) is 10.7. The van der Waals surface area contributed by atoms with Gasteiger partial charge in [0.1, 0.15) is 19.4 Å². The van der Waals surface area contributed by atoms with Gasteiger partial charge < -0.3 is 29.6 Å². The van der Waals surface area contributed by atoms with Gasteiger partial charge in [0, 0.05) is 38.8 Å². The Morgan fingerprint density at radius 3 is 2.45 bits per heavy atom. The first-order chi connectivity index (χ1) is 15.9. The Morgan fingerprint density at radius 1 is 0.939 bits per heavy atom. The standard InChI is InChI=1S/C20H28N4O8S/c25-19(21-3-4-23-5-8-29-9-6-23)20(26)22-14-18-24(7-10-32-18)33(27,28)15-1-2-16-17(13-15)31-12-11-30-16/h1-2,13,18H,3-12,14H2,(H,21,25)(H,22,26)/t18-/m0/s1. The van der Waals surface area contributed by atoms with Crippen LogP contribution in [0.1, 0.15) is 0 Å². The van der Waals surface area contributed by atoms with E-state index in [9.17, 15) is 18.0 Å². The molecule has 1 atom stereocenters. The van der Waals surface area contributed by atoms with Crippen LogP contribution in [0.3, 0.4) is 0 Å². The molecule has 0 saturated carbocycles. The Morgan fingerprint density at radius 2 is 1.67 bits per heavy atom. The molecule has 2 fully saturated rings. The van der Waals surface area contributed by atoms with E-state index in [4.69, 9.17) is 18.9 Å². The summed E-state index contributed by atoms with van der Waals surface area (Å²) < 4.78 is 49.1. The molecule has 2 saturated heterocycles. The lowest BCUT2D eigenvalue weighted by Gasteiger charge is -2.26. The molecular formula is C20H28N4O8S. The third kappa shape index (κ3) is 5.73. The van der Waals surface area contributed by atoms with E-state index in [-0.39, 0.29) is 24.6 Å². The highest BCUT2D eigenvalue weighted by atomic mass is 32.2. The van der Waals surface area contributed by atoms with E-state index in [1.54, 1.807) is 6.07 Å². The predicted octanol–water partition coefficient (Wildman–Crippen LogP) is -1.63. The molecule has 1 aromatic carbocycles. The summed E-state index contributed by atoms with van der Waals surface area (Å²) in [4.78, 5) is 26.4. The number of carbonyl (C=O) groups excluding carboxylic acids is 2. The second-order valence-corrected chi connectivity index (χ2v) is 9.56. The summed E-state index contributed by atoms with van der Waals surface area (Å²) in [5.41, 5.74) is 0. The number of fused-ring (bicyclic) bond motifs is 1. The first-order valence-electron chi connectivity index (χ1n) is 10.8. The number of hydrogen-bond donors (Lipinski definition) is 2. The number of morpholine rings is 1. The van der Waals surface area contributed by atoms with Crippen molar-refractivity contribution < 1.29 is 37.0 Å². The molecule has 3 aliphatic heterocycles. The van der Waals surface area contributed by atoms with Crippen molar-refractivity contribution >= 4 is 21.8 Å². The molecule has 3 heterocycles. The fourth-order valence-electron chi connectivity index (χ4n) is 3.75. The van der Waals surface area contributed by atoms with Crippen LogP contribution in [0.5, 0.6) is 11.5 Å². The minimum absolute atomic E-state index is 0.0365. The molecule has 0 unspecified atom stereocenters. The Labute approximate surface area is 192 Å². The maximum Gasteiger partial charge on any atom is 0.309 e. The van der Waals surface area contributed by atoms with Crippen LogP contribution in [-0.4, -0.2) is 108 Å². The molecule has 33 heavy (non-hydrogen) atoms. The van der Waals surface area contributed by atoms with E-state index in [0.29, 0.717) is 51.0 Å². The van der Waals surface area contributed by atoms with Gasteiger partial charge in [-0.05, 0) is 12.1 Å². The normalized spacial score (nSPS) is 21.5. The average molecular weight is 485 g/mol. The summed E-state index contributed by atoms with van der Waals surface area (Å²) in [7, 11) is -3.91. The van der Waals surface area contributed by atoms with Crippen molar-refractivity contribution in [3.05, 3.63) is 18.2 Å². The number of amides is 2. The smallest absolute Gasteiger partial charge is 0.309 e. The molecular weight excluding hydrogens is 456 g/mol. The van der Waals surface area contributed by atoms with Crippen molar-refractivity contribution in [1.29, 1.82) is 0 Å². The molecule has 1 aromatic rings. The molecule has 0 aliphatic carbocycles. The van der Waals surface area contributed by atoms with Crippen LogP contribution in [0, 0.1) is 0 Å².